The van der Waals surface area contributed by atoms with Gasteiger partial charge in [-0.1, -0.05) is 39.0 Å². The average molecular weight is 224 g/mol. The van der Waals surface area contributed by atoms with Crippen molar-refractivity contribution in [2.45, 2.75) is 32.1 Å². The van der Waals surface area contributed by atoms with Gasteiger partial charge >= 0.3 is 0 Å². The summed E-state index contributed by atoms with van der Waals surface area (Å²) in [4.78, 5) is 1.35. The zero-order chi connectivity index (χ0) is 11.3. The van der Waals surface area contributed by atoms with Gasteiger partial charge in [0.15, 0.2) is 0 Å². The van der Waals surface area contributed by atoms with Crippen LogP contribution in [0.3, 0.4) is 0 Å². The van der Waals surface area contributed by atoms with Gasteiger partial charge in [-0.2, -0.15) is 0 Å². The third-order valence-electron chi connectivity index (χ3n) is 2.40. The van der Waals surface area contributed by atoms with Crippen LogP contribution < -0.4 is 0 Å². The molecule has 0 unspecified atom stereocenters. The van der Waals surface area contributed by atoms with Gasteiger partial charge in [0, 0.05) is 17.3 Å². The second-order valence-electron chi connectivity index (χ2n) is 4.57. The normalized spacial score (nSPS) is 11.7. The highest BCUT2D eigenvalue weighted by Crippen LogP contribution is 2.29. The molecule has 0 saturated carbocycles. The van der Waals surface area contributed by atoms with Crippen molar-refractivity contribution in [3.05, 3.63) is 29.8 Å². The summed E-state index contributed by atoms with van der Waals surface area (Å²) in [6.45, 7) is 6.61. The Morgan fingerprint density at radius 1 is 1.27 bits per heavy atom. The minimum absolute atomic E-state index is 0.00548. The molecule has 1 nitrogen and oxygen atoms in total. The summed E-state index contributed by atoms with van der Waals surface area (Å²) in [5, 5.41) is 9.19. The molecule has 0 heterocycles. The SMILES string of the molecule is CCc1ccccc1SCC(C)(C)CO. The molecule has 0 aromatic heterocycles. The highest BCUT2D eigenvalue weighted by molar-refractivity contribution is 7.99. The molecular weight excluding hydrogens is 204 g/mol. The van der Waals surface area contributed by atoms with Crippen molar-refractivity contribution in [1.82, 2.24) is 0 Å². The van der Waals surface area contributed by atoms with Gasteiger partial charge in [0.25, 0.3) is 0 Å². The van der Waals surface area contributed by atoms with Crippen LogP contribution in [0, 0.1) is 5.41 Å². The van der Waals surface area contributed by atoms with Gasteiger partial charge in [-0.3, -0.25) is 0 Å². The van der Waals surface area contributed by atoms with Crippen LogP contribution >= 0.6 is 11.8 Å². The topological polar surface area (TPSA) is 20.2 Å². The maximum atomic E-state index is 9.19. The first kappa shape index (κ1) is 12.6. The Kier molecular flexibility index (Phi) is 4.68. The molecule has 0 amide bonds. The van der Waals surface area contributed by atoms with E-state index in [-0.39, 0.29) is 12.0 Å². The Hall–Kier alpha value is -0.470. The highest BCUT2D eigenvalue weighted by atomic mass is 32.2. The molecule has 0 spiro atoms. The third-order valence-corrected chi connectivity index (χ3v) is 4.04. The second kappa shape index (κ2) is 5.57. The lowest BCUT2D eigenvalue weighted by Crippen LogP contribution is -2.19. The van der Waals surface area contributed by atoms with Crippen LogP contribution in [-0.2, 0) is 6.42 Å². The number of aliphatic hydroxyl groups is 1. The molecule has 0 saturated heterocycles. The Balaban J connectivity index is 2.65. The lowest BCUT2D eigenvalue weighted by molar-refractivity contribution is 0.180. The number of benzene rings is 1. The Morgan fingerprint density at radius 2 is 1.93 bits per heavy atom. The molecule has 1 rings (SSSR count). The first-order chi connectivity index (χ1) is 7.09. The van der Waals surface area contributed by atoms with E-state index in [2.05, 4.69) is 45.0 Å². The fourth-order valence-corrected chi connectivity index (χ4v) is 2.47. The van der Waals surface area contributed by atoms with Crippen molar-refractivity contribution in [3.8, 4) is 0 Å². The lowest BCUT2D eigenvalue weighted by atomic mass is 9.98. The van der Waals surface area contributed by atoms with Crippen molar-refractivity contribution in [2.24, 2.45) is 5.41 Å². The van der Waals surface area contributed by atoms with Gasteiger partial charge in [-0.15, -0.1) is 11.8 Å². The van der Waals surface area contributed by atoms with E-state index in [0.717, 1.165) is 12.2 Å². The highest BCUT2D eigenvalue weighted by Gasteiger charge is 2.17. The van der Waals surface area contributed by atoms with Crippen LogP contribution in [0.15, 0.2) is 29.2 Å². The summed E-state index contributed by atoms with van der Waals surface area (Å²) in [7, 11) is 0. The fourth-order valence-electron chi connectivity index (χ4n) is 1.26. The van der Waals surface area contributed by atoms with Crippen molar-refractivity contribution in [1.29, 1.82) is 0 Å². The molecule has 0 aliphatic rings. The second-order valence-corrected chi connectivity index (χ2v) is 5.59. The largest absolute Gasteiger partial charge is 0.396 e. The van der Waals surface area contributed by atoms with Gasteiger partial charge in [-0.25, -0.2) is 0 Å². The van der Waals surface area contributed by atoms with Gasteiger partial charge in [0.05, 0.1) is 0 Å². The van der Waals surface area contributed by atoms with Crippen LogP contribution in [0.2, 0.25) is 0 Å². The monoisotopic (exact) mass is 224 g/mol. The average Bonchev–Trinajstić information content (AvgIpc) is 2.27. The summed E-state index contributed by atoms with van der Waals surface area (Å²) < 4.78 is 0. The number of hydrogen-bond acceptors (Lipinski definition) is 2. The number of aliphatic hydroxyl groups excluding tert-OH is 1. The zero-order valence-corrected chi connectivity index (χ0v) is 10.6. The van der Waals surface area contributed by atoms with Gasteiger partial charge in [0.2, 0.25) is 0 Å². The minimum Gasteiger partial charge on any atom is -0.396 e. The molecule has 15 heavy (non-hydrogen) atoms. The molecule has 0 aliphatic carbocycles. The third kappa shape index (κ3) is 3.88. The molecule has 1 N–H and O–H groups in total. The van der Waals surface area contributed by atoms with Crippen molar-refractivity contribution in [2.75, 3.05) is 12.4 Å². The lowest BCUT2D eigenvalue weighted by Gasteiger charge is -2.21. The minimum atomic E-state index is 0.00548. The zero-order valence-electron chi connectivity index (χ0n) is 9.79. The van der Waals surface area contributed by atoms with Gasteiger partial charge in [-0.05, 0) is 23.5 Å². The summed E-state index contributed by atoms with van der Waals surface area (Å²) >= 11 is 1.84. The maximum absolute atomic E-state index is 9.19. The molecule has 1 aromatic carbocycles. The van der Waals surface area contributed by atoms with Crippen LogP contribution in [-0.4, -0.2) is 17.5 Å². The van der Waals surface area contributed by atoms with E-state index in [4.69, 9.17) is 0 Å². The Morgan fingerprint density at radius 3 is 2.53 bits per heavy atom. The molecule has 84 valence electrons. The van der Waals surface area contributed by atoms with E-state index in [1.54, 1.807) is 0 Å². The van der Waals surface area contributed by atoms with Gasteiger partial charge in [0.1, 0.15) is 0 Å². The molecule has 0 atom stereocenters. The van der Waals surface area contributed by atoms with Crippen LogP contribution in [0.4, 0.5) is 0 Å². The van der Waals surface area contributed by atoms with E-state index in [1.807, 2.05) is 11.8 Å². The summed E-state index contributed by atoms with van der Waals surface area (Å²) in [5.74, 6) is 0.959. The number of aryl methyl sites for hydroxylation is 1. The van der Waals surface area contributed by atoms with Gasteiger partial charge < -0.3 is 5.11 Å². The van der Waals surface area contributed by atoms with Crippen LogP contribution in [0.5, 0.6) is 0 Å². The summed E-state index contributed by atoms with van der Waals surface area (Å²) in [5.41, 5.74) is 1.40. The molecule has 0 bridgehead atoms. The first-order valence-electron chi connectivity index (χ1n) is 5.40. The number of rotatable bonds is 5. The predicted octanol–water partition coefficient (Wildman–Crippen LogP) is 3.36. The maximum Gasteiger partial charge on any atom is 0.0490 e. The standard InChI is InChI=1S/C13H20OS/c1-4-11-7-5-6-8-12(11)15-10-13(2,3)9-14/h5-8,14H,4,9-10H2,1-3H3. The van der Waals surface area contributed by atoms with E-state index >= 15 is 0 Å². The first-order valence-corrected chi connectivity index (χ1v) is 6.39. The van der Waals surface area contributed by atoms with Crippen LogP contribution in [0.1, 0.15) is 26.3 Å². The predicted molar refractivity (Wildman–Crippen MR) is 67.4 cm³/mol. The molecule has 0 fully saturated rings. The van der Waals surface area contributed by atoms with Crippen molar-refractivity contribution < 1.29 is 5.11 Å². The van der Waals surface area contributed by atoms with Crippen LogP contribution in [0.25, 0.3) is 0 Å². The molecule has 0 aliphatic heterocycles. The number of thioether (sulfide) groups is 1. The number of hydrogen-bond donors (Lipinski definition) is 1. The summed E-state index contributed by atoms with van der Waals surface area (Å²) in [6.07, 6.45) is 1.07. The molecule has 2 heteroatoms. The van der Waals surface area contributed by atoms with E-state index < -0.39 is 0 Å². The smallest absolute Gasteiger partial charge is 0.0490 e. The fraction of sp³-hybridized carbons (Fsp3) is 0.538. The summed E-state index contributed by atoms with van der Waals surface area (Å²) in [6, 6.07) is 8.50. The van der Waals surface area contributed by atoms with E-state index in [1.165, 1.54) is 10.5 Å². The molecular formula is C13H20OS. The quantitative estimate of drug-likeness (QED) is 0.774. The Labute approximate surface area is 96.9 Å². The Bertz CT molecular complexity index is 307. The van der Waals surface area contributed by atoms with E-state index in [0.29, 0.717) is 0 Å². The molecule has 1 aromatic rings. The van der Waals surface area contributed by atoms with Crippen molar-refractivity contribution in [3.63, 3.8) is 0 Å². The molecule has 0 radical (unpaired) electrons. The van der Waals surface area contributed by atoms with Crippen molar-refractivity contribution >= 4 is 11.8 Å². The van der Waals surface area contributed by atoms with E-state index in [9.17, 15) is 5.11 Å².